The van der Waals surface area contributed by atoms with E-state index in [2.05, 4.69) is 20.9 Å². The second-order valence-corrected chi connectivity index (χ2v) is 6.16. The van der Waals surface area contributed by atoms with E-state index in [1.807, 2.05) is 24.3 Å². The van der Waals surface area contributed by atoms with Crippen molar-refractivity contribution in [2.24, 2.45) is 5.73 Å². The SMILES string of the molecule is N[C@@H]1CCN(C(=O)c2ccc(Oc3ccc(Br)cc3)nc2)C1. The number of carbonyl (C=O) groups excluding carboxylic acids is 1. The summed E-state index contributed by atoms with van der Waals surface area (Å²) in [6.07, 6.45) is 2.39. The van der Waals surface area contributed by atoms with Crippen molar-refractivity contribution in [2.45, 2.75) is 12.5 Å². The minimum absolute atomic E-state index is 0.0318. The summed E-state index contributed by atoms with van der Waals surface area (Å²) in [5.41, 5.74) is 6.38. The molecule has 2 heterocycles. The number of ether oxygens (including phenoxy) is 1. The minimum atomic E-state index is -0.0318. The predicted molar refractivity (Wildman–Crippen MR) is 86.9 cm³/mol. The number of amides is 1. The molecule has 3 rings (SSSR count). The Balaban J connectivity index is 1.67. The Kier molecular flexibility index (Phi) is 4.40. The zero-order valence-corrected chi connectivity index (χ0v) is 13.5. The van der Waals surface area contributed by atoms with E-state index < -0.39 is 0 Å². The van der Waals surface area contributed by atoms with E-state index >= 15 is 0 Å². The average molecular weight is 362 g/mol. The van der Waals surface area contributed by atoms with Crippen LogP contribution in [0.2, 0.25) is 0 Å². The van der Waals surface area contributed by atoms with Crippen molar-refractivity contribution in [3.05, 3.63) is 52.6 Å². The molecule has 2 aromatic rings. The molecule has 1 saturated heterocycles. The topological polar surface area (TPSA) is 68.5 Å². The molecule has 0 radical (unpaired) electrons. The third-order valence-electron chi connectivity index (χ3n) is 3.53. The van der Waals surface area contributed by atoms with Gasteiger partial charge in [0.25, 0.3) is 5.91 Å². The van der Waals surface area contributed by atoms with Gasteiger partial charge in [-0.2, -0.15) is 0 Å². The lowest BCUT2D eigenvalue weighted by atomic mass is 10.2. The normalized spacial score (nSPS) is 17.5. The number of likely N-dealkylation sites (tertiary alicyclic amines) is 1. The molecule has 0 saturated carbocycles. The fourth-order valence-corrected chi connectivity index (χ4v) is 2.61. The highest BCUT2D eigenvalue weighted by molar-refractivity contribution is 9.10. The molecule has 1 aromatic carbocycles. The summed E-state index contributed by atoms with van der Waals surface area (Å²) in [4.78, 5) is 18.2. The van der Waals surface area contributed by atoms with Gasteiger partial charge in [0, 0.05) is 35.9 Å². The van der Waals surface area contributed by atoms with E-state index in [1.165, 1.54) is 0 Å². The summed E-state index contributed by atoms with van der Waals surface area (Å²) in [5, 5.41) is 0. The third-order valence-corrected chi connectivity index (χ3v) is 4.06. The van der Waals surface area contributed by atoms with Crippen molar-refractivity contribution >= 4 is 21.8 Å². The molecule has 2 N–H and O–H groups in total. The highest BCUT2D eigenvalue weighted by Gasteiger charge is 2.24. The van der Waals surface area contributed by atoms with Crippen molar-refractivity contribution in [1.29, 1.82) is 0 Å². The van der Waals surface area contributed by atoms with Gasteiger partial charge in [-0.25, -0.2) is 4.98 Å². The first-order valence-electron chi connectivity index (χ1n) is 7.06. The van der Waals surface area contributed by atoms with Crippen LogP contribution in [-0.2, 0) is 0 Å². The summed E-state index contributed by atoms with van der Waals surface area (Å²) in [5.74, 6) is 1.12. The van der Waals surface area contributed by atoms with Gasteiger partial charge in [0.15, 0.2) is 0 Å². The van der Waals surface area contributed by atoms with Gasteiger partial charge in [0.05, 0.1) is 5.56 Å². The minimum Gasteiger partial charge on any atom is -0.439 e. The monoisotopic (exact) mass is 361 g/mol. The molecule has 1 aliphatic rings. The van der Waals surface area contributed by atoms with Gasteiger partial charge in [-0.3, -0.25) is 4.79 Å². The quantitative estimate of drug-likeness (QED) is 0.912. The highest BCUT2D eigenvalue weighted by atomic mass is 79.9. The Morgan fingerprint density at radius 2 is 2.05 bits per heavy atom. The van der Waals surface area contributed by atoms with E-state index in [-0.39, 0.29) is 11.9 Å². The van der Waals surface area contributed by atoms with E-state index in [0.29, 0.717) is 30.3 Å². The first kappa shape index (κ1) is 15.0. The number of hydrogen-bond donors (Lipinski definition) is 1. The van der Waals surface area contributed by atoms with Crippen LogP contribution in [0, 0.1) is 0 Å². The number of halogens is 1. The van der Waals surface area contributed by atoms with Gasteiger partial charge >= 0.3 is 0 Å². The first-order valence-corrected chi connectivity index (χ1v) is 7.85. The standard InChI is InChI=1S/C16H16BrN3O2/c17-12-2-4-14(5-3-12)22-15-6-1-11(9-19-15)16(21)20-8-7-13(18)10-20/h1-6,9,13H,7-8,10,18H2/t13-/m1/s1. The highest BCUT2D eigenvalue weighted by Crippen LogP contribution is 2.22. The second-order valence-electron chi connectivity index (χ2n) is 5.24. The second kappa shape index (κ2) is 6.46. The Labute approximate surface area is 137 Å². The molecule has 1 atom stereocenters. The van der Waals surface area contributed by atoms with Crippen molar-refractivity contribution < 1.29 is 9.53 Å². The van der Waals surface area contributed by atoms with Crippen LogP contribution in [0.25, 0.3) is 0 Å². The van der Waals surface area contributed by atoms with Crippen LogP contribution in [-0.4, -0.2) is 34.9 Å². The molecule has 1 aromatic heterocycles. The van der Waals surface area contributed by atoms with Gasteiger partial charge in [-0.15, -0.1) is 0 Å². The Bertz CT molecular complexity index is 658. The molecule has 0 aliphatic carbocycles. The van der Waals surface area contributed by atoms with Crippen LogP contribution in [0.3, 0.4) is 0 Å². The van der Waals surface area contributed by atoms with Gasteiger partial charge < -0.3 is 15.4 Å². The lowest BCUT2D eigenvalue weighted by Crippen LogP contribution is -2.31. The van der Waals surface area contributed by atoms with Gasteiger partial charge in [-0.05, 0) is 36.8 Å². The maximum absolute atomic E-state index is 12.3. The number of hydrogen-bond acceptors (Lipinski definition) is 4. The lowest BCUT2D eigenvalue weighted by Gasteiger charge is -2.15. The van der Waals surface area contributed by atoms with Gasteiger partial charge in [0.1, 0.15) is 5.75 Å². The number of nitrogens with two attached hydrogens (primary N) is 1. The first-order chi connectivity index (χ1) is 10.6. The Hall–Kier alpha value is -1.92. The Morgan fingerprint density at radius 1 is 1.27 bits per heavy atom. The lowest BCUT2D eigenvalue weighted by molar-refractivity contribution is 0.0790. The molecule has 0 bridgehead atoms. The van der Waals surface area contributed by atoms with E-state index in [9.17, 15) is 4.79 Å². The van der Waals surface area contributed by atoms with Crippen LogP contribution in [0.5, 0.6) is 11.6 Å². The summed E-state index contributed by atoms with van der Waals surface area (Å²) in [6, 6.07) is 11.0. The molecular formula is C16H16BrN3O2. The van der Waals surface area contributed by atoms with E-state index in [0.717, 1.165) is 10.9 Å². The molecule has 1 amide bonds. The number of aromatic nitrogens is 1. The third kappa shape index (κ3) is 3.45. The van der Waals surface area contributed by atoms with Gasteiger partial charge in [0.2, 0.25) is 5.88 Å². The summed E-state index contributed by atoms with van der Waals surface area (Å²) in [7, 11) is 0. The summed E-state index contributed by atoms with van der Waals surface area (Å²) >= 11 is 3.37. The molecule has 114 valence electrons. The molecule has 5 nitrogen and oxygen atoms in total. The molecule has 0 spiro atoms. The molecule has 22 heavy (non-hydrogen) atoms. The number of benzene rings is 1. The van der Waals surface area contributed by atoms with Crippen LogP contribution in [0.15, 0.2) is 47.1 Å². The molecular weight excluding hydrogens is 346 g/mol. The van der Waals surface area contributed by atoms with E-state index in [1.54, 1.807) is 23.2 Å². The number of nitrogens with zero attached hydrogens (tertiary/aromatic N) is 2. The molecule has 0 unspecified atom stereocenters. The van der Waals surface area contributed by atoms with Crippen LogP contribution >= 0.6 is 15.9 Å². The molecule has 1 fully saturated rings. The summed E-state index contributed by atoms with van der Waals surface area (Å²) < 4.78 is 6.62. The zero-order chi connectivity index (χ0) is 15.5. The van der Waals surface area contributed by atoms with Crippen LogP contribution in [0.1, 0.15) is 16.8 Å². The van der Waals surface area contributed by atoms with E-state index in [4.69, 9.17) is 10.5 Å². The zero-order valence-electron chi connectivity index (χ0n) is 11.9. The van der Waals surface area contributed by atoms with Gasteiger partial charge in [-0.1, -0.05) is 15.9 Å². The predicted octanol–water partition coefficient (Wildman–Crippen LogP) is 2.81. The molecule has 6 heteroatoms. The molecule has 1 aliphatic heterocycles. The largest absolute Gasteiger partial charge is 0.439 e. The van der Waals surface area contributed by atoms with Crippen LogP contribution in [0.4, 0.5) is 0 Å². The number of pyridine rings is 1. The number of rotatable bonds is 3. The van der Waals surface area contributed by atoms with Crippen molar-refractivity contribution in [3.8, 4) is 11.6 Å². The van der Waals surface area contributed by atoms with Crippen molar-refractivity contribution in [1.82, 2.24) is 9.88 Å². The average Bonchev–Trinajstić information content (AvgIpc) is 2.96. The maximum atomic E-state index is 12.3. The Morgan fingerprint density at radius 3 is 2.64 bits per heavy atom. The fourth-order valence-electron chi connectivity index (χ4n) is 2.34. The number of carbonyl (C=O) groups is 1. The summed E-state index contributed by atoms with van der Waals surface area (Å²) in [6.45, 7) is 1.31. The fraction of sp³-hybridized carbons (Fsp3) is 0.250. The maximum Gasteiger partial charge on any atom is 0.255 e. The van der Waals surface area contributed by atoms with Crippen molar-refractivity contribution in [2.75, 3.05) is 13.1 Å². The van der Waals surface area contributed by atoms with Crippen molar-refractivity contribution in [3.63, 3.8) is 0 Å². The van der Waals surface area contributed by atoms with Crippen LogP contribution < -0.4 is 10.5 Å². The smallest absolute Gasteiger partial charge is 0.255 e.